The molecular formula is C21H20ClF3N2O4. The number of oxime groups is 2. The maximum absolute atomic E-state index is 13.3. The Balaban J connectivity index is 2.36. The second-order valence-corrected chi connectivity index (χ2v) is 6.79. The first-order valence-corrected chi connectivity index (χ1v) is 9.30. The molecule has 0 aliphatic heterocycles. The van der Waals surface area contributed by atoms with E-state index in [1.165, 1.54) is 33.3 Å². The fourth-order valence-corrected chi connectivity index (χ4v) is 2.98. The molecule has 2 rings (SSSR count). The Morgan fingerprint density at radius 3 is 2.42 bits per heavy atom. The minimum absolute atomic E-state index is 0.0119. The smallest absolute Gasteiger partial charge is 0.417 e. The average Bonchev–Trinajstić information content (AvgIpc) is 2.72. The van der Waals surface area contributed by atoms with Crippen molar-refractivity contribution < 1.29 is 32.4 Å². The highest BCUT2D eigenvalue weighted by atomic mass is 35.5. The van der Waals surface area contributed by atoms with Crippen LogP contribution in [0.3, 0.4) is 0 Å². The number of benzene rings is 2. The fraction of sp³-hybridized carbons (Fsp3) is 0.286. The van der Waals surface area contributed by atoms with Crippen molar-refractivity contribution in [2.24, 2.45) is 10.3 Å². The first-order valence-electron chi connectivity index (χ1n) is 8.92. The normalized spacial score (nSPS) is 12.5. The van der Waals surface area contributed by atoms with E-state index in [-0.39, 0.29) is 28.6 Å². The van der Waals surface area contributed by atoms with Gasteiger partial charge in [0.1, 0.15) is 13.7 Å². The van der Waals surface area contributed by atoms with Gasteiger partial charge in [-0.3, -0.25) is 0 Å². The molecule has 10 heteroatoms. The van der Waals surface area contributed by atoms with E-state index in [0.717, 1.165) is 11.6 Å². The van der Waals surface area contributed by atoms with Gasteiger partial charge in [-0.1, -0.05) is 46.2 Å². The van der Waals surface area contributed by atoms with E-state index >= 15 is 0 Å². The molecule has 0 saturated heterocycles. The number of nitrogens with zero attached hydrogens (tertiary/aromatic N) is 2. The number of carbonyl (C=O) groups excluding carboxylic acids is 1. The molecule has 0 radical (unpaired) electrons. The van der Waals surface area contributed by atoms with Crippen LogP contribution in [0, 0.1) is 6.92 Å². The lowest BCUT2D eigenvalue weighted by molar-refractivity contribution is -0.137. The van der Waals surface area contributed by atoms with Gasteiger partial charge in [0, 0.05) is 21.7 Å². The van der Waals surface area contributed by atoms with Gasteiger partial charge in [-0.05, 0) is 31.5 Å². The molecule has 166 valence electrons. The van der Waals surface area contributed by atoms with Crippen LogP contribution in [-0.2, 0) is 32.0 Å². The summed E-state index contributed by atoms with van der Waals surface area (Å²) in [7, 11) is 2.49. The van der Waals surface area contributed by atoms with Gasteiger partial charge in [0.05, 0.1) is 18.4 Å². The van der Waals surface area contributed by atoms with Crippen LogP contribution < -0.4 is 0 Å². The molecule has 0 atom stereocenters. The first-order chi connectivity index (χ1) is 14.6. The van der Waals surface area contributed by atoms with E-state index in [2.05, 4.69) is 10.3 Å². The lowest BCUT2D eigenvalue weighted by Gasteiger charge is -2.14. The van der Waals surface area contributed by atoms with Crippen LogP contribution in [0.25, 0.3) is 0 Å². The second kappa shape index (κ2) is 10.3. The third-order valence-corrected chi connectivity index (χ3v) is 4.55. The number of carbonyl (C=O) groups is 1. The average molecular weight is 457 g/mol. The van der Waals surface area contributed by atoms with Crippen molar-refractivity contribution >= 4 is 29.0 Å². The summed E-state index contributed by atoms with van der Waals surface area (Å²) in [5.41, 5.74) is 0.555. The number of hydrogen-bond acceptors (Lipinski definition) is 6. The van der Waals surface area contributed by atoms with Crippen LogP contribution in [0.4, 0.5) is 13.2 Å². The van der Waals surface area contributed by atoms with Crippen LogP contribution in [0.15, 0.2) is 46.7 Å². The predicted molar refractivity (Wildman–Crippen MR) is 110 cm³/mol. The zero-order valence-electron chi connectivity index (χ0n) is 17.2. The Bertz CT molecular complexity index is 1020. The predicted octanol–water partition coefficient (Wildman–Crippen LogP) is 5.13. The molecule has 0 N–H and O–H groups in total. The molecule has 0 fully saturated rings. The molecular weight excluding hydrogens is 437 g/mol. The summed E-state index contributed by atoms with van der Waals surface area (Å²) in [6, 6.07) is 8.51. The third-order valence-electron chi connectivity index (χ3n) is 4.31. The van der Waals surface area contributed by atoms with Crippen molar-refractivity contribution in [3.63, 3.8) is 0 Å². The number of methoxy groups -OCH3 is 1. The molecule has 0 aliphatic rings. The second-order valence-electron chi connectivity index (χ2n) is 6.35. The maximum atomic E-state index is 13.3. The van der Waals surface area contributed by atoms with Gasteiger partial charge < -0.3 is 14.4 Å². The Kier molecular flexibility index (Phi) is 8.04. The first kappa shape index (κ1) is 24.2. The summed E-state index contributed by atoms with van der Waals surface area (Å²) < 4.78 is 44.7. The van der Waals surface area contributed by atoms with Crippen molar-refractivity contribution in [3.8, 4) is 0 Å². The molecule has 0 spiro atoms. The largest absolute Gasteiger partial charge is 0.464 e. The van der Waals surface area contributed by atoms with Crippen molar-refractivity contribution in [3.05, 3.63) is 69.2 Å². The molecule has 31 heavy (non-hydrogen) atoms. The molecule has 6 nitrogen and oxygen atoms in total. The Morgan fingerprint density at radius 2 is 1.81 bits per heavy atom. The van der Waals surface area contributed by atoms with E-state index in [4.69, 9.17) is 26.0 Å². The Morgan fingerprint density at radius 1 is 1.10 bits per heavy atom. The van der Waals surface area contributed by atoms with Crippen LogP contribution in [-0.4, -0.2) is 31.6 Å². The standard InChI is InChI=1S/C21H20ClF3N2O4/c1-12-6-5-7-16(19(27-30-4)20(28)29-3)17(12)11-31-26-13(2)15-9-8-14(22)10-18(15)21(23,24)25/h5-10H,11H2,1-4H3/b26-13+,27-19+. The van der Waals surface area contributed by atoms with Gasteiger partial charge in [0.25, 0.3) is 0 Å². The number of aryl methyl sites for hydroxylation is 1. The summed E-state index contributed by atoms with van der Waals surface area (Å²) in [5, 5.41) is 7.51. The summed E-state index contributed by atoms with van der Waals surface area (Å²) in [4.78, 5) is 22.1. The van der Waals surface area contributed by atoms with E-state index in [1.807, 2.05) is 0 Å². The zero-order chi connectivity index (χ0) is 23.2. The van der Waals surface area contributed by atoms with Gasteiger partial charge >= 0.3 is 12.1 Å². The molecule has 2 aromatic rings. The minimum atomic E-state index is -4.60. The molecule has 0 heterocycles. The van der Waals surface area contributed by atoms with Crippen molar-refractivity contribution in [2.75, 3.05) is 14.2 Å². The van der Waals surface area contributed by atoms with Gasteiger partial charge in [0.2, 0.25) is 0 Å². The van der Waals surface area contributed by atoms with Crippen molar-refractivity contribution in [1.82, 2.24) is 0 Å². The highest BCUT2D eigenvalue weighted by Gasteiger charge is 2.34. The molecule has 0 amide bonds. The van der Waals surface area contributed by atoms with Gasteiger partial charge in [-0.25, -0.2) is 4.79 Å². The Hall–Kier alpha value is -3.07. The summed E-state index contributed by atoms with van der Waals surface area (Å²) in [6.45, 7) is 3.04. The van der Waals surface area contributed by atoms with Crippen molar-refractivity contribution in [1.29, 1.82) is 0 Å². The monoisotopic (exact) mass is 456 g/mol. The van der Waals surface area contributed by atoms with Crippen molar-refractivity contribution in [2.45, 2.75) is 26.6 Å². The molecule has 0 bridgehead atoms. The number of alkyl halides is 3. The van der Waals surface area contributed by atoms with E-state index < -0.39 is 17.7 Å². The lowest BCUT2D eigenvalue weighted by Crippen LogP contribution is -2.20. The number of esters is 1. The topological polar surface area (TPSA) is 69.5 Å². The summed E-state index contributed by atoms with van der Waals surface area (Å²) >= 11 is 5.71. The summed E-state index contributed by atoms with van der Waals surface area (Å²) in [6.07, 6.45) is -4.60. The number of rotatable bonds is 7. The van der Waals surface area contributed by atoms with Crippen LogP contribution in [0.2, 0.25) is 5.02 Å². The van der Waals surface area contributed by atoms with Gasteiger partial charge in [0.15, 0.2) is 5.71 Å². The summed E-state index contributed by atoms with van der Waals surface area (Å²) in [5.74, 6) is -0.718. The lowest BCUT2D eigenvalue weighted by atomic mass is 9.99. The molecule has 2 aromatic carbocycles. The number of halogens is 4. The number of ether oxygens (including phenoxy) is 1. The molecule has 0 saturated carbocycles. The minimum Gasteiger partial charge on any atom is -0.464 e. The Labute approximate surface area is 182 Å². The molecule has 0 aliphatic carbocycles. The zero-order valence-corrected chi connectivity index (χ0v) is 18.0. The molecule has 0 unspecified atom stereocenters. The fourth-order valence-electron chi connectivity index (χ4n) is 2.81. The highest BCUT2D eigenvalue weighted by Crippen LogP contribution is 2.34. The highest BCUT2D eigenvalue weighted by molar-refractivity contribution is 6.43. The maximum Gasteiger partial charge on any atom is 0.417 e. The third kappa shape index (κ3) is 5.97. The quantitative estimate of drug-likeness (QED) is 0.329. The van der Waals surface area contributed by atoms with Crippen LogP contribution in [0.5, 0.6) is 0 Å². The number of hydrogen-bond donors (Lipinski definition) is 0. The van der Waals surface area contributed by atoms with Crippen LogP contribution >= 0.6 is 11.6 Å². The van der Waals surface area contributed by atoms with E-state index in [1.54, 1.807) is 25.1 Å². The van der Waals surface area contributed by atoms with Gasteiger partial charge in [-0.15, -0.1) is 0 Å². The van der Waals surface area contributed by atoms with E-state index in [0.29, 0.717) is 11.1 Å². The molecule has 0 aromatic heterocycles. The van der Waals surface area contributed by atoms with E-state index in [9.17, 15) is 18.0 Å². The SMILES string of the molecule is CO/N=C(/C(=O)OC)c1cccc(C)c1CO/N=C(\C)c1ccc(Cl)cc1C(F)(F)F. The van der Waals surface area contributed by atoms with Gasteiger partial charge in [-0.2, -0.15) is 13.2 Å². The van der Waals surface area contributed by atoms with Crippen LogP contribution in [0.1, 0.15) is 34.7 Å².